The number of hydrogen-bond donors (Lipinski definition) is 1. The molecule has 0 saturated carbocycles. The van der Waals surface area contributed by atoms with Crippen LogP contribution in [0.4, 0.5) is 13.2 Å². The Balaban J connectivity index is 2.69. The molecule has 0 spiro atoms. The van der Waals surface area contributed by atoms with Crippen LogP contribution in [0.15, 0.2) is 23.1 Å². The molecule has 0 aromatic heterocycles. The molecule has 0 saturated heterocycles. The number of nitrogens with two attached hydrogens (primary N) is 1. The Kier molecular flexibility index (Phi) is 5.53. The zero-order valence-electron chi connectivity index (χ0n) is 10.6. The topological polar surface area (TPSA) is 26.0 Å². The van der Waals surface area contributed by atoms with Gasteiger partial charge in [0.25, 0.3) is 0 Å². The highest BCUT2D eigenvalue weighted by Gasteiger charge is 2.29. The Morgan fingerprint density at radius 2 is 1.94 bits per heavy atom. The van der Waals surface area contributed by atoms with E-state index in [1.54, 1.807) is 12.1 Å². The van der Waals surface area contributed by atoms with E-state index in [4.69, 9.17) is 5.73 Å². The van der Waals surface area contributed by atoms with Gasteiger partial charge in [0.2, 0.25) is 0 Å². The Hall–Kier alpha value is -0.680. The van der Waals surface area contributed by atoms with Gasteiger partial charge in [-0.25, -0.2) is 0 Å². The van der Waals surface area contributed by atoms with Gasteiger partial charge in [0.15, 0.2) is 0 Å². The SMILES string of the molecule is Cc1cc(CCC[C@H](C)N)cc(SC(F)(F)F)c1. The predicted molar refractivity (Wildman–Crippen MR) is 69.7 cm³/mol. The molecule has 0 bridgehead atoms. The molecular weight excluding hydrogens is 259 g/mol. The van der Waals surface area contributed by atoms with E-state index in [1.165, 1.54) is 0 Å². The minimum atomic E-state index is -4.23. The molecule has 0 aliphatic rings. The average Bonchev–Trinajstić information content (AvgIpc) is 2.12. The first-order chi connectivity index (χ1) is 8.26. The Morgan fingerprint density at radius 1 is 1.28 bits per heavy atom. The minimum absolute atomic E-state index is 0.0559. The third-order valence-corrected chi connectivity index (χ3v) is 3.17. The summed E-state index contributed by atoms with van der Waals surface area (Å²) >= 11 is -0.0559. The summed E-state index contributed by atoms with van der Waals surface area (Å²) in [5.74, 6) is 0. The number of alkyl halides is 3. The first-order valence-corrected chi connectivity index (χ1v) is 6.70. The maximum atomic E-state index is 12.3. The van der Waals surface area contributed by atoms with Crippen LogP contribution in [-0.4, -0.2) is 11.6 Å². The molecule has 2 N–H and O–H groups in total. The average molecular weight is 277 g/mol. The van der Waals surface area contributed by atoms with Crippen molar-refractivity contribution in [1.29, 1.82) is 0 Å². The van der Waals surface area contributed by atoms with Crippen LogP contribution >= 0.6 is 11.8 Å². The number of hydrogen-bond acceptors (Lipinski definition) is 2. The quantitative estimate of drug-likeness (QED) is 0.813. The lowest BCUT2D eigenvalue weighted by molar-refractivity contribution is -0.0328. The summed E-state index contributed by atoms with van der Waals surface area (Å²) < 4.78 is 36.9. The largest absolute Gasteiger partial charge is 0.446 e. The lowest BCUT2D eigenvalue weighted by atomic mass is 10.0. The number of thioether (sulfide) groups is 1. The summed E-state index contributed by atoms with van der Waals surface area (Å²) in [6, 6.07) is 5.25. The first-order valence-electron chi connectivity index (χ1n) is 5.88. The van der Waals surface area contributed by atoms with Crippen molar-refractivity contribution in [1.82, 2.24) is 0 Å². The van der Waals surface area contributed by atoms with Gasteiger partial charge in [-0.1, -0.05) is 6.07 Å². The van der Waals surface area contributed by atoms with Gasteiger partial charge < -0.3 is 5.73 Å². The summed E-state index contributed by atoms with van der Waals surface area (Å²) in [5.41, 5.74) is 3.23. The fraction of sp³-hybridized carbons (Fsp3) is 0.538. The lowest BCUT2D eigenvalue weighted by Crippen LogP contribution is -2.14. The highest BCUT2D eigenvalue weighted by molar-refractivity contribution is 8.00. The second-order valence-corrected chi connectivity index (χ2v) is 5.71. The van der Waals surface area contributed by atoms with Crippen LogP contribution in [0.2, 0.25) is 0 Å². The van der Waals surface area contributed by atoms with Crippen molar-refractivity contribution in [2.24, 2.45) is 5.73 Å². The van der Waals surface area contributed by atoms with Gasteiger partial charge in [0.1, 0.15) is 0 Å². The summed E-state index contributed by atoms with van der Waals surface area (Å²) in [6.07, 6.45) is 2.56. The summed E-state index contributed by atoms with van der Waals surface area (Å²) in [4.78, 5) is 0.262. The van der Waals surface area contributed by atoms with Gasteiger partial charge in [-0.2, -0.15) is 13.2 Å². The van der Waals surface area contributed by atoms with Crippen molar-refractivity contribution in [2.75, 3.05) is 0 Å². The lowest BCUT2D eigenvalue weighted by Gasteiger charge is -2.10. The van der Waals surface area contributed by atoms with E-state index in [0.29, 0.717) is 0 Å². The summed E-state index contributed by atoms with van der Waals surface area (Å²) in [7, 11) is 0. The molecule has 0 amide bonds. The van der Waals surface area contributed by atoms with E-state index in [1.807, 2.05) is 19.9 Å². The van der Waals surface area contributed by atoms with Crippen molar-refractivity contribution >= 4 is 11.8 Å². The molecule has 1 aromatic carbocycles. The molecule has 0 unspecified atom stereocenters. The van der Waals surface area contributed by atoms with E-state index >= 15 is 0 Å². The smallest absolute Gasteiger partial charge is 0.328 e. The zero-order chi connectivity index (χ0) is 13.8. The molecule has 0 aliphatic carbocycles. The fourth-order valence-electron chi connectivity index (χ4n) is 1.79. The number of halogens is 3. The van der Waals surface area contributed by atoms with Gasteiger partial charge in [-0.15, -0.1) is 0 Å². The van der Waals surface area contributed by atoms with Crippen LogP contribution in [0.5, 0.6) is 0 Å². The number of rotatable bonds is 5. The normalized spacial score (nSPS) is 13.7. The van der Waals surface area contributed by atoms with E-state index < -0.39 is 5.51 Å². The van der Waals surface area contributed by atoms with Crippen LogP contribution in [0, 0.1) is 6.92 Å². The van der Waals surface area contributed by atoms with Crippen LogP contribution in [0.25, 0.3) is 0 Å². The van der Waals surface area contributed by atoms with Crippen molar-refractivity contribution in [3.8, 4) is 0 Å². The van der Waals surface area contributed by atoms with Crippen molar-refractivity contribution in [3.05, 3.63) is 29.3 Å². The van der Waals surface area contributed by atoms with Crippen LogP contribution in [0.1, 0.15) is 30.9 Å². The molecular formula is C13H18F3NS. The van der Waals surface area contributed by atoms with Gasteiger partial charge >= 0.3 is 5.51 Å². The van der Waals surface area contributed by atoms with E-state index in [-0.39, 0.29) is 22.7 Å². The van der Waals surface area contributed by atoms with Crippen molar-refractivity contribution in [2.45, 2.75) is 49.6 Å². The van der Waals surface area contributed by atoms with E-state index in [2.05, 4.69) is 0 Å². The maximum absolute atomic E-state index is 12.3. The molecule has 1 aromatic rings. The fourth-order valence-corrected chi connectivity index (χ4v) is 2.51. The summed E-state index contributed by atoms with van der Waals surface area (Å²) in [6.45, 7) is 3.75. The molecule has 5 heteroatoms. The molecule has 0 heterocycles. The number of aryl methyl sites for hydroxylation is 2. The minimum Gasteiger partial charge on any atom is -0.328 e. The van der Waals surface area contributed by atoms with Gasteiger partial charge in [-0.3, -0.25) is 0 Å². The highest BCUT2D eigenvalue weighted by Crippen LogP contribution is 2.37. The second kappa shape index (κ2) is 6.48. The van der Waals surface area contributed by atoms with Gasteiger partial charge in [-0.05, 0) is 68.1 Å². The monoisotopic (exact) mass is 277 g/mol. The molecule has 1 rings (SSSR count). The van der Waals surface area contributed by atoms with Gasteiger partial charge in [0.05, 0.1) is 0 Å². The Labute approximate surface area is 110 Å². The standard InChI is InChI=1S/C13H18F3NS/c1-9-6-11(5-3-4-10(2)17)8-12(7-9)18-13(14,15)16/h6-8,10H,3-5,17H2,1-2H3/t10-/m0/s1. The third-order valence-electron chi connectivity index (χ3n) is 2.47. The van der Waals surface area contributed by atoms with Crippen molar-refractivity contribution < 1.29 is 13.2 Å². The summed E-state index contributed by atoms with van der Waals surface area (Å²) in [5, 5.41) is 0. The maximum Gasteiger partial charge on any atom is 0.446 e. The van der Waals surface area contributed by atoms with E-state index in [0.717, 1.165) is 30.4 Å². The highest BCUT2D eigenvalue weighted by atomic mass is 32.2. The van der Waals surface area contributed by atoms with Gasteiger partial charge in [0, 0.05) is 10.9 Å². The van der Waals surface area contributed by atoms with E-state index in [9.17, 15) is 13.2 Å². The molecule has 1 atom stereocenters. The second-order valence-electron chi connectivity index (χ2n) is 4.57. The molecule has 102 valence electrons. The number of benzene rings is 1. The molecule has 0 fully saturated rings. The molecule has 1 nitrogen and oxygen atoms in total. The van der Waals surface area contributed by atoms with Crippen LogP contribution in [0.3, 0.4) is 0 Å². The zero-order valence-corrected chi connectivity index (χ0v) is 11.4. The predicted octanol–water partition coefficient (Wildman–Crippen LogP) is 4.28. The third kappa shape index (κ3) is 6.31. The van der Waals surface area contributed by atoms with Crippen LogP contribution in [-0.2, 0) is 6.42 Å². The molecule has 0 radical (unpaired) electrons. The first kappa shape index (κ1) is 15.4. The molecule has 0 aliphatic heterocycles. The van der Waals surface area contributed by atoms with Crippen molar-refractivity contribution in [3.63, 3.8) is 0 Å². The Morgan fingerprint density at radius 3 is 2.50 bits per heavy atom. The Bertz CT molecular complexity index is 388. The van der Waals surface area contributed by atoms with Crippen LogP contribution < -0.4 is 5.73 Å². The molecule has 18 heavy (non-hydrogen) atoms.